The van der Waals surface area contributed by atoms with Crippen LogP contribution in [-0.2, 0) is 20.9 Å². The summed E-state index contributed by atoms with van der Waals surface area (Å²) in [6, 6.07) is 2.00. The van der Waals surface area contributed by atoms with Crippen LogP contribution in [-0.4, -0.2) is 63.8 Å². The summed E-state index contributed by atoms with van der Waals surface area (Å²) in [6.45, 7) is 3.33. The molecular formula is C20H23F3N4O5. The van der Waals surface area contributed by atoms with Crippen LogP contribution in [0.25, 0.3) is 0 Å². The Balaban J connectivity index is 0.000000360. The predicted molar refractivity (Wildman–Crippen MR) is 104 cm³/mol. The molecule has 2 saturated heterocycles. The second-order valence-corrected chi connectivity index (χ2v) is 7.60. The molecule has 1 amide bonds. The second-order valence-electron chi connectivity index (χ2n) is 7.60. The average Bonchev–Trinajstić information content (AvgIpc) is 3.27. The van der Waals surface area contributed by atoms with E-state index in [4.69, 9.17) is 19.1 Å². The predicted octanol–water partition coefficient (Wildman–Crippen LogP) is 2.57. The van der Waals surface area contributed by atoms with Crippen molar-refractivity contribution >= 4 is 17.7 Å². The number of rotatable bonds is 4. The fourth-order valence-electron chi connectivity index (χ4n) is 3.76. The number of anilines is 1. The molecule has 174 valence electrons. The Hall–Kier alpha value is -2.99. The number of hydrogen-bond donors (Lipinski definition) is 2. The van der Waals surface area contributed by atoms with Crippen molar-refractivity contribution in [3.8, 4) is 0 Å². The number of nitrogens with zero attached hydrogens (tertiary/aromatic N) is 3. The maximum absolute atomic E-state index is 12.5. The monoisotopic (exact) mass is 456 g/mol. The van der Waals surface area contributed by atoms with Crippen LogP contribution < -0.4 is 5.32 Å². The Labute approximate surface area is 181 Å². The van der Waals surface area contributed by atoms with E-state index in [0.29, 0.717) is 18.3 Å². The number of piperidine rings is 1. The van der Waals surface area contributed by atoms with Gasteiger partial charge in [-0.25, -0.2) is 9.78 Å². The first-order valence-electron chi connectivity index (χ1n) is 9.94. The summed E-state index contributed by atoms with van der Waals surface area (Å²) in [4.78, 5) is 31.9. The van der Waals surface area contributed by atoms with Gasteiger partial charge in [-0.1, -0.05) is 0 Å². The van der Waals surface area contributed by atoms with Gasteiger partial charge in [0.15, 0.2) is 5.82 Å². The van der Waals surface area contributed by atoms with Crippen molar-refractivity contribution in [1.29, 1.82) is 0 Å². The van der Waals surface area contributed by atoms with Crippen LogP contribution in [0.3, 0.4) is 0 Å². The number of aliphatic carboxylic acids is 1. The number of furan rings is 1. The first kappa shape index (κ1) is 23.7. The maximum Gasteiger partial charge on any atom is 0.490 e. The number of hydrogen-bond acceptors (Lipinski definition) is 7. The standard InChI is InChI=1S/C18H22N4O3.C2HF3O2/c23-18(21-17-8-19-3-4-20-17)15-7-14-10-22(5-1-16(14)25-12-15)9-13-2-6-24-11-13;3-2(4,5)1(6)7/h2-4,6,8,11,14-16H,1,5,7,9-10,12H2,(H,20,21,23);(H,6,7)/t14-,15-,16+;/m1./s1. The van der Waals surface area contributed by atoms with Crippen molar-refractivity contribution in [3.05, 3.63) is 42.7 Å². The molecule has 2 aromatic heterocycles. The molecule has 0 bridgehead atoms. The van der Waals surface area contributed by atoms with Crippen LogP contribution in [0.2, 0.25) is 0 Å². The van der Waals surface area contributed by atoms with Gasteiger partial charge in [-0.05, 0) is 24.8 Å². The third-order valence-corrected chi connectivity index (χ3v) is 5.26. The Morgan fingerprint density at radius 2 is 2.09 bits per heavy atom. The normalized spacial score (nSPS) is 23.4. The number of aromatic nitrogens is 2. The summed E-state index contributed by atoms with van der Waals surface area (Å²) in [5.74, 6) is -2.07. The lowest BCUT2D eigenvalue weighted by Gasteiger charge is -2.43. The summed E-state index contributed by atoms with van der Waals surface area (Å²) >= 11 is 0. The molecule has 0 unspecified atom stereocenters. The van der Waals surface area contributed by atoms with E-state index < -0.39 is 12.1 Å². The second kappa shape index (κ2) is 10.6. The lowest BCUT2D eigenvalue weighted by atomic mass is 9.83. The van der Waals surface area contributed by atoms with Crippen LogP contribution in [0.1, 0.15) is 18.4 Å². The van der Waals surface area contributed by atoms with Crippen LogP contribution in [0, 0.1) is 11.8 Å². The summed E-state index contributed by atoms with van der Waals surface area (Å²) in [7, 11) is 0. The van der Waals surface area contributed by atoms with Gasteiger partial charge >= 0.3 is 12.1 Å². The lowest BCUT2D eigenvalue weighted by Crippen LogP contribution is -2.49. The first-order chi connectivity index (χ1) is 15.2. The quantitative estimate of drug-likeness (QED) is 0.721. The summed E-state index contributed by atoms with van der Waals surface area (Å²) in [5, 5.41) is 9.96. The Morgan fingerprint density at radius 1 is 1.31 bits per heavy atom. The van der Waals surface area contributed by atoms with Gasteiger partial charge < -0.3 is 19.6 Å². The molecule has 4 rings (SSSR count). The zero-order valence-corrected chi connectivity index (χ0v) is 17.0. The van der Waals surface area contributed by atoms with E-state index in [9.17, 15) is 18.0 Å². The highest BCUT2D eigenvalue weighted by Crippen LogP contribution is 2.32. The van der Waals surface area contributed by atoms with Gasteiger partial charge in [-0.2, -0.15) is 13.2 Å². The van der Waals surface area contributed by atoms with Crippen molar-refractivity contribution in [2.75, 3.05) is 25.0 Å². The highest BCUT2D eigenvalue weighted by Gasteiger charge is 2.39. The van der Waals surface area contributed by atoms with Crippen molar-refractivity contribution in [3.63, 3.8) is 0 Å². The number of amides is 1. The summed E-state index contributed by atoms with van der Waals surface area (Å²) in [6.07, 6.45) is 5.25. The SMILES string of the molecule is O=C(Nc1cnccn1)[C@H]1CO[C@H]2CCN(Cc3ccoc3)C[C@H]2C1.O=C(O)C(F)(F)F. The van der Waals surface area contributed by atoms with Gasteiger partial charge in [0.05, 0.1) is 37.4 Å². The minimum Gasteiger partial charge on any atom is -0.475 e. The molecule has 2 aliphatic heterocycles. The largest absolute Gasteiger partial charge is 0.490 e. The molecule has 3 atom stereocenters. The number of fused-ring (bicyclic) bond motifs is 1. The van der Waals surface area contributed by atoms with E-state index in [2.05, 4.69) is 20.2 Å². The molecule has 2 aliphatic rings. The third kappa shape index (κ3) is 6.76. The third-order valence-electron chi connectivity index (χ3n) is 5.26. The van der Waals surface area contributed by atoms with Crippen LogP contribution in [0.15, 0.2) is 41.6 Å². The fraction of sp³-hybridized carbons (Fsp3) is 0.500. The first-order valence-corrected chi connectivity index (χ1v) is 9.94. The van der Waals surface area contributed by atoms with E-state index in [1.54, 1.807) is 31.1 Å². The molecule has 4 heterocycles. The van der Waals surface area contributed by atoms with E-state index in [-0.39, 0.29) is 17.9 Å². The van der Waals surface area contributed by atoms with Gasteiger partial charge in [-0.3, -0.25) is 14.7 Å². The zero-order valence-electron chi connectivity index (χ0n) is 17.0. The molecule has 9 nitrogen and oxygen atoms in total. The number of carbonyl (C=O) groups excluding carboxylic acids is 1. The zero-order chi connectivity index (χ0) is 23.1. The molecular weight excluding hydrogens is 433 g/mol. The van der Waals surface area contributed by atoms with Crippen LogP contribution in [0.5, 0.6) is 0 Å². The van der Waals surface area contributed by atoms with Gasteiger partial charge in [-0.15, -0.1) is 0 Å². The molecule has 0 radical (unpaired) electrons. The van der Waals surface area contributed by atoms with Crippen LogP contribution >= 0.6 is 0 Å². The molecule has 0 spiro atoms. The fourth-order valence-corrected chi connectivity index (χ4v) is 3.76. The van der Waals surface area contributed by atoms with Crippen molar-refractivity contribution in [2.24, 2.45) is 11.8 Å². The highest BCUT2D eigenvalue weighted by atomic mass is 19.4. The highest BCUT2D eigenvalue weighted by molar-refractivity contribution is 5.91. The molecule has 2 fully saturated rings. The number of likely N-dealkylation sites (tertiary alicyclic amines) is 1. The Kier molecular flexibility index (Phi) is 7.80. The van der Waals surface area contributed by atoms with Crippen LogP contribution in [0.4, 0.5) is 19.0 Å². The van der Waals surface area contributed by atoms with Gasteiger partial charge in [0.2, 0.25) is 5.91 Å². The number of carboxylic acid groups (broad SMARTS) is 1. The number of carboxylic acids is 1. The van der Waals surface area contributed by atoms with E-state index in [1.165, 1.54) is 5.56 Å². The molecule has 2 N–H and O–H groups in total. The average molecular weight is 456 g/mol. The van der Waals surface area contributed by atoms with E-state index in [0.717, 1.165) is 32.5 Å². The van der Waals surface area contributed by atoms with Crippen molar-refractivity contribution < 1.29 is 37.0 Å². The Bertz CT molecular complexity index is 879. The van der Waals surface area contributed by atoms with Crippen molar-refractivity contribution in [1.82, 2.24) is 14.9 Å². The lowest BCUT2D eigenvalue weighted by molar-refractivity contribution is -0.192. The summed E-state index contributed by atoms with van der Waals surface area (Å²) in [5.41, 5.74) is 1.19. The summed E-state index contributed by atoms with van der Waals surface area (Å²) < 4.78 is 42.9. The van der Waals surface area contributed by atoms with Gasteiger partial charge in [0, 0.05) is 37.6 Å². The topological polar surface area (TPSA) is 118 Å². The minimum atomic E-state index is -5.08. The van der Waals surface area contributed by atoms with Gasteiger partial charge in [0.1, 0.15) is 0 Å². The van der Waals surface area contributed by atoms with E-state index in [1.807, 2.05) is 6.07 Å². The number of ether oxygens (including phenoxy) is 1. The number of nitrogens with one attached hydrogen (secondary N) is 1. The number of alkyl halides is 3. The van der Waals surface area contributed by atoms with Crippen molar-refractivity contribution in [2.45, 2.75) is 31.7 Å². The molecule has 12 heteroatoms. The smallest absolute Gasteiger partial charge is 0.475 e. The Morgan fingerprint density at radius 3 is 2.72 bits per heavy atom. The number of halogens is 3. The molecule has 32 heavy (non-hydrogen) atoms. The molecule has 0 saturated carbocycles. The molecule has 0 aliphatic carbocycles. The molecule has 0 aromatic carbocycles. The van der Waals surface area contributed by atoms with E-state index >= 15 is 0 Å². The minimum absolute atomic E-state index is 0.0362. The maximum atomic E-state index is 12.5. The number of carbonyl (C=O) groups is 2. The molecule has 2 aromatic rings. The van der Waals surface area contributed by atoms with Gasteiger partial charge in [0.25, 0.3) is 0 Å².